The topological polar surface area (TPSA) is 49.5 Å². The largest absolute Gasteiger partial charge is 0.394 e. The van der Waals surface area contributed by atoms with E-state index in [2.05, 4.69) is 36.1 Å². The summed E-state index contributed by atoms with van der Waals surface area (Å²) in [5.41, 5.74) is 8.43. The first-order valence-corrected chi connectivity index (χ1v) is 6.99. The summed E-state index contributed by atoms with van der Waals surface area (Å²) >= 11 is 0. The zero-order valence-corrected chi connectivity index (χ0v) is 11.2. The molecule has 18 heavy (non-hydrogen) atoms. The van der Waals surface area contributed by atoms with Crippen LogP contribution in [-0.4, -0.2) is 24.3 Å². The van der Waals surface area contributed by atoms with Gasteiger partial charge in [-0.3, -0.25) is 0 Å². The summed E-state index contributed by atoms with van der Waals surface area (Å²) in [4.78, 5) is 2.32. The molecule has 3 nitrogen and oxygen atoms in total. The molecular weight excluding hydrogens is 224 g/mol. The highest BCUT2D eigenvalue weighted by Crippen LogP contribution is 2.26. The predicted octanol–water partition coefficient (Wildman–Crippen LogP) is 2.45. The van der Waals surface area contributed by atoms with Gasteiger partial charge in [-0.2, -0.15) is 0 Å². The van der Waals surface area contributed by atoms with E-state index in [4.69, 9.17) is 5.73 Å². The molecule has 1 saturated heterocycles. The molecule has 0 spiro atoms. The van der Waals surface area contributed by atoms with Crippen LogP contribution in [0.2, 0.25) is 0 Å². The summed E-state index contributed by atoms with van der Waals surface area (Å²) in [6.07, 6.45) is 4.49. The van der Waals surface area contributed by atoms with Crippen LogP contribution < -0.4 is 10.6 Å². The lowest BCUT2D eigenvalue weighted by Gasteiger charge is -2.36. The van der Waals surface area contributed by atoms with Gasteiger partial charge in [0.1, 0.15) is 0 Å². The molecule has 100 valence electrons. The van der Waals surface area contributed by atoms with Crippen molar-refractivity contribution < 1.29 is 5.11 Å². The van der Waals surface area contributed by atoms with Gasteiger partial charge in [-0.25, -0.2) is 0 Å². The highest BCUT2D eigenvalue weighted by Gasteiger charge is 2.21. The fourth-order valence-corrected chi connectivity index (χ4v) is 2.68. The average molecular weight is 248 g/mol. The van der Waals surface area contributed by atoms with Gasteiger partial charge in [0.2, 0.25) is 0 Å². The minimum atomic E-state index is 0.133. The van der Waals surface area contributed by atoms with E-state index in [1.54, 1.807) is 0 Å². The van der Waals surface area contributed by atoms with Gasteiger partial charge in [0, 0.05) is 18.3 Å². The molecule has 0 radical (unpaired) electrons. The molecule has 0 aliphatic carbocycles. The van der Waals surface area contributed by atoms with E-state index < -0.39 is 0 Å². The summed E-state index contributed by atoms with van der Waals surface area (Å²) in [7, 11) is 0. The highest BCUT2D eigenvalue weighted by molar-refractivity contribution is 5.49. The minimum absolute atomic E-state index is 0.133. The van der Waals surface area contributed by atoms with Crippen molar-refractivity contribution in [2.75, 3.05) is 18.1 Å². The number of rotatable bonds is 4. The number of nitrogens with zero attached hydrogens (tertiary/aromatic N) is 1. The average Bonchev–Trinajstić information content (AvgIpc) is 2.46. The van der Waals surface area contributed by atoms with Gasteiger partial charge < -0.3 is 15.7 Å². The maximum absolute atomic E-state index is 9.44. The van der Waals surface area contributed by atoms with Crippen molar-refractivity contribution in [2.45, 2.75) is 44.7 Å². The Bertz CT molecular complexity index is 363. The van der Waals surface area contributed by atoms with Crippen molar-refractivity contribution in [2.24, 2.45) is 5.73 Å². The number of nitrogens with two attached hydrogens (primary N) is 1. The van der Waals surface area contributed by atoms with E-state index >= 15 is 0 Å². The fourth-order valence-electron chi connectivity index (χ4n) is 2.68. The third-order valence-corrected chi connectivity index (χ3v) is 3.93. The lowest BCUT2D eigenvalue weighted by atomic mass is 10.0. The Morgan fingerprint density at radius 2 is 2.06 bits per heavy atom. The van der Waals surface area contributed by atoms with Crippen molar-refractivity contribution in [3.8, 4) is 0 Å². The van der Waals surface area contributed by atoms with Crippen molar-refractivity contribution in [3.63, 3.8) is 0 Å². The van der Waals surface area contributed by atoms with Gasteiger partial charge >= 0.3 is 0 Å². The van der Waals surface area contributed by atoms with Gasteiger partial charge in [0.05, 0.1) is 12.6 Å². The number of anilines is 1. The lowest BCUT2D eigenvalue weighted by Crippen LogP contribution is -2.41. The maximum Gasteiger partial charge on any atom is 0.0635 e. The molecule has 0 aromatic heterocycles. The summed E-state index contributed by atoms with van der Waals surface area (Å²) in [6, 6.07) is 8.93. The molecule has 2 atom stereocenters. The molecule has 0 bridgehead atoms. The highest BCUT2D eigenvalue weighted by atomic mass is 16.3. The Morgan fingerprint density at radius 3 is 2.67 bits per heavy atom. The lowest BCUT2D eigenvalue weighted by molar-refractivity contribution is 0.240. The molecule has 1 aliphatic rings. The van der Waals surface area contributed by atoms with E-state index in [1.807, 2.05) is 0 Å². The third kappa shape index (κ3) is 2.85. The van der Waals surface area contributed by atoms with Gasteiger partial charge in [-0.05, 0) is 43.4 Å². The Labute approximate surface area is 110 Å². The molecule has 1 unspecified atom stereocenters. The van der Waals surface area contributed by atoms with Crippen LogP contribution in [0.25, 0.3) is 0 Å². The first-order chi connectivity index (χ1) is 8.76. The number of hydrogen-bond donors (Lipinski definition) is 2. The van der Waals surface area contributed by atoms with Crippen LogP contribution in [-0.2, 0) is 0 Å². The summed E-state index contributed by atoms with van der Waals surface area (Å²) in [6.45, 7) is 3.39. The molecule has 3 heteroatoms. The van der Waals surface area contributed by atoms with Crippen LogP contribution in [0.5, 0.6) is 0 Å². The van der Waals surface area contributed by atoms with Gasteiger partial charge in [-0.1, -0.05) is 19.1 Å². The summed E-state index contributed by atoms with van der Waals surface area (Å²) < 4.78 is 0. The van der Waals surface area contributed by atoms with Crippen LogP contribution in [0, 0.1) is 0 Å². The van der Waals surface area contributed by atoms with Crippen LogP contribution >= 0.6 is 0 Å². The van der Waals surface area contributed by atoms with Gasteiger partial charge in [0.25, 0.3) is 0 Å². The number of aliphatic hydroxyl groups excluding tert-OH is 1. The van der Waals surface area contributed by atoms with Crippen molar-refractivity contribution in [1.29, 1.82) is 0 Å². The van der Waals surface area contributed by atoms with Crippen LogP contribution in [0.1, 0.15) is 44.2 Å². The van der Waals surface area contributed by atoms with E-state index in [-0.39, 0.29) is 18.7 Å². The molecular formula is C15H24N2O. The molecule has 3 N–H and O–H groups in total. The second kappa shape index (κ2) is 6.21. The summed E-state index contributed by atoms with van der Waals surface area (Å²) in [5, 5.41) is 9.44. The van der Waals surface area contributed by atoms with Crippen LogP contribution in [0.4, 0.5) is 5.69 Å². The number of aliphatic hydroxyl groups is 1. The molecule has 1 aliphatic heterocycles. The first kappa shape index (κ1) is 13.4. The molecule has 2 rings (SSSR count). The first-order valence-electron chi connectivity index (χ1n) is 6.99. The van der Waals surface area contributed by atoms with E-state index in [1.165, 1.54) is 24.1 Å². The van der Waals surface area contributed by atoms with E-state index in [0.29, 0.717) is 0 Å². The molecule has 0 saturated carbocycles. The van der Waals surface area contributed by atoms with Crippen molar-refractivity contribution >= 4 is 5.69 Å². The second-order valence-corrected chi connectivity index (χ2v) is 5.13. The van der Waals surface area contributed by atoms with Crippen molar-refractivity contribution in [3.05, 3.63) is 29.8 Å². The maximum atomic E-state index is 9.44. The Morgan fingerprint density at radius 1 is 1.33 bits per heavy atom. The fraction of sp³-hybridized carbons (Fsp3) is 0.600. The quantitative estimate of drug-likeness (QED) is 0.860. The van der Waals surface area contributed by atoms with Gasteiger partial charge in [-0.15, -0.1) is 0 Å². The monoisotopic (exact) mass is 248 g/mol. The Kier molecular flexibility index (Phi) is 4.61. The standard InChI is InChI=1S/C15H24N2O/c1-2-15(16)12-6-8-13(9-7-12)17-10-4-3-5-14(17)11-18/h6-9,14-15,18H,2-5,10-11,16H2,1H3/t14?,15-/m0/s1. The molecule has 1 fully saturated rings. The molecule has 1 heterocycles. The van der Waals surface area contributed by atoms with Crippen LogP contribution in [0.15, 0.2) is 24.3 Å². The zero-order chi connectivity index (χ0) is 13.0. The minimum Gasteiger partial charge on any atom is -0.394 e. The second-order valence-electron chi connectivity index (χ2n) is 5.13. The van der Waals surface area contributed by atoms with Crippen molar-refractivity contribution in [1.82, 2.24) is 0 Å². The number of benzene rings is 1. The third-order valence-electron chi connectivity index (χ3n) is 3.93. The van der Waals surface area contributed by atoms with E-state index in [0.717, 1.165) is 19.4 Å². The number of piperidine rings is 1. The molecule has 1 aromatic rings. The molecule has 0 amide bonds. The SMILES string of the molecule is CC[C@H](N)c1ccc(N2CCCCC2CO)cc1. The zero-order valence-electron chi connectivity index (χ0n) is 11.2. The Balaban J connectivity index is 2.12. The van der Waals surface area contributed by atoms with Crippen LogP contribution in [0.3, 0.4) is 0 Å². The predicted molar refractivity (Wildman–Crippen MR) is 75.7 cm³/mol. The smallest absolute Gasteiger partial charge is 0.0635 e. The van der Waals surface area contributed by atoms with E-state index in [9.17, 15) is 5.11 Å². The molecule has 1 aromatic carbocycles. The number of hydrogen-bond acceptors (Lipinski definition) is 3. The van der Waals surface area contributed by atoms with Gasteiger partial charge in [0.15, 0.2) is 0 Å². The normalized spacial score (nSPS) is 21.9. The summed E-state index contributed by atoms with van der Waals surface area (Å²) in [5.74, 6) is 0. The Hall–Kier alpha value is -1.06.